The first-order valence-electron chi connectivity index (χ1n) is 12.7. The number of nitrogens with zero attached hydrogens (tertiary/aromatic N) is 2. The first-order valence-corrected chi connectivity index (χ1v) is 14.2. The molecular formula is C29H34FN3O5S. The molecule has 0 saturated heterocycles. The lowest BCUT2D eigenvalue weighted by atomic mass is 10.1. The van der Waals surface area contributed by atoms with Gasteiger partial charge in [-0.2, -0.15) is 0 Å². The van der Waals surface area contributed by atoms with Crippen molar-refractivity contribution in [2.75, 3.05) is 24.5 Å². The van der Waals surface area contributed by atoms with Crippen LogP contribution in [-0.2, 0) is 26.2 Å². The highest BCUT2D eigenvalue weighted by atomic mass is 32.2. The van der Waals surface area contributed by atoms with Gasteiger partial charge in [-0.1, -0.05) is 44.2 Å². The summed E-state index contributed by atoms with van der Waals surface area (Å²) in [5, 5.41) is 2.84. The first kappa shape index (κ1) is 29.6. The molecule has 0 radical (unpaired) electrons. The summed E-state index contributed by atoms with van der Waals surface area (Å²) in [7, 11) is -2.65. The Hall–Kier alpha value is -3.92. The summed E-state index contributed by atoms with van der Waals surface area (Å²) in [5.41, 5.74) is 0.867. The summed E-state index contributed by atoms with van der Waals surface area (Å²) in [5.74, 6) is -0.795. The maximum atomic E-state index is 13.9. The van der Waals surface area contributed by atoms with Crippen LogP contribution in [0, 0.1) is 5.82 Å². The molecule has 0 aliphatic heterocycles. The highest BCUT2D eigenvalue weighted by Crippen LogP contribution is 2.25. The number of anilines is 1. The predicted octanol–water partition coefficient (Wildman–Crippen LogP) is 4.36. The van der Waals surface area contributed by atoms with Crippen molar-refractivity contribution in [2.45, 2.75) is 44.2 Å². The SMILES string of the molecule is CCCNC(=O)[C@@H](CC)N(Cc1ccc(OC)cc1)C(=O)CN(c1ccc(F)cc1)S(=O)(=O)c1ccccc1. The van der Waals surface area contributed by atoms with Gasteiger partial charge in [0.2, 0.25) is 11.8 Å². The standard InChI is InChI=1S/C29H34FN3O5S/c1-4-19-31-29(35)27(5-2)32(20-22-11-17-25(38-3)18-12-22)28(34)21-33(24-15-13-23(30)14-16-24)39(36,37)26-9-7-6-8-10-26/h6-18,27H,4-5,19-21H2,1-3H3,(H,31,35)/t27-/m1/s1. The van der Waals surface area contributed by atoms with Crippen LogP contribution in [0.3, 0.4) is 0 Å². The Morgan fingerprint density at radius 1 is 0.949 bits per heavy atom. The lowest BCUT2D eigenvalue weighted by Crippen LogP contribution is -2.52. The molecule has 0 aliphatic carbocycles. The van der Waals surface area contributed by atoms with E-state index < -0.39 is 34.3 Å². The molecule has 3 aromatic carbocycles. The summed E-state index contributed by atoms with van der Waals surface area (Å²) >= 11 is 0. The third kappa shape index (κ3) is 7.57. The van der Waals surface area contributed by atoms with Gasteiger partial charge >= 0.3 is 0 Å². The number of nitrogens with one attached hydrogen (secondary N) is 1. The summed E-state index contributed by atoms with van der Waals surface area (Å²) in [6.07, 6.45) is 1.04. The summed E-state index contributed by atoms with van der Waals surface area (Å²) in [6.45, 7) is 3.66. The Morgan fingerprint density at radius 2 is 1.59 bits per heavy atom. The minimum atomic E-state index is -4.20. The maximum absolute atomic E-state index is 13.9. The van der Waals surface area contributed by atoms with Gasteiger partial charge in [-0.15, -0.1) is 0 Å². The van der Waals surface area contributed by atoms with E-state index in [1.165, 1.54) is 29.2 Å². The fraction of sp³-hybridized carbons (Fsp3) is 0.310. The van der Waals surface area contributed by atoms with E-state index in [0.29, 0.717) is 18.7 Å². The molecule has 0 bridgehead atoms. The van der Waals surface area contributed by atoms with Crippen LogP contribution in [0.5, 0.6) is 5.75 Å². The maximum Gasteiger partial charge on any atom is 0.264 e. The molecular weight excluding hydrogens is 521 g/mol. The van der Waals surface area contributed by atoms with E-state index >= 15 is 0 Å². The predicted molar refractivity (Wildman–Crippen MR) is 148 cm³/mol. The number of amides is 2. The second-order valence-corrected chi connectivity index (χ2v) is 10.7. The molecule has 3 rings (SSSR count). The number of hydrogen-bond donors (Lipinski definition) is 1. The first-order chi connectivity index (χ1) is 18.7. The molecule has 0 saturated carbocycles. The zero-order chi connectivity index (χ0) is 28.4. The lowest BCUT2D eigenvalue weighted by Gasteiger charge is -2.33. The van der Waals surface area contributed by atoms with E-state index in [1.807, 2.05) is 6.92 Å². The Kier molecular flexibility index (Phi) is 10.4. The van der Waals surface area contributed by atoms with Crippen LogP contribution in [0.15, 0.2) is 83.8 Å². The van der Waals surface area contributed by atoms with E-state index in [-0.39, 0.29) is 23.0 Å². The quantitative estimate of drug-likeness (QED) is 0.338. The summed E-state index contributed by atoms with van der Waals surface area (Å²) < 4.78 is 47.2. The Balaban J connectivity index is 2.02. The minimum absolute atomic E-state index is 0.0171. The average Bonchev–Trinajstić information content (AvgIpc) is 2.95. The average molecular weight is 556 g/mol. The second-order valence-electron chi connectivity index (χ2n) is 8.89. The molecule has 0 unspecified atom stereocenters. The number of rotatable bonds is 13. The Labute approximate surface area is 229 Å². The van der Waals surface area contributed by atoms with Gasteiger partial charge in [0.25, 0.3) is 10.0 Å². The minimum Gasteiger partial charge on any atom is -0.497 e. The van der Waals surface area contributed by atoms with Crippen molar-refractivity contribution in [3.05, 3.63) is 90.2 Å². The molecule has 8 nitrogen and oxygen atoms in total. The Morgan fingerprint density at radius 3 is 2.15 bits per heavy atom. The van der Waals surface area contributed by atoms with Crippen molar-refractivity contribution in [3.63, 3.8) is 0 Å². The number of methoxy groups -OCH3 is 1. The summed E-state index contributed by atoms with van der Waals surface area (Å²) in [4.78, 5) is 28.4. The van der Waals surface area contributed by atoms with Crippen LogP contribution in [0.4, 0.5) is 10.1 Å². The van der Waals surface area contributed by atoms with Gasteiger partial charge in [-0.25, -0.2) is 12.8 Å². The Bertz CT molecular complexity index is 1330. The van der Waals surface area contributed by atoms with Crippen molar-refractivity contribution in [2.24, 2.45) is 0 Å². The van der Waals surface area contributed by atoms with Crippen molar-refractivity contribution in [3.8, 4) is 5.75 Å². The van der Waals surface area contributed by atoms with E-state index in [0.717, 1.165) is 28.4 Å². The smallest absolute Gasteiger partial charge is 0.264 e. The van der Waals surface area contributed by atoms with Gasteiger partial charge in [-0.3, -0.25) is 13.9 Å². The molecule has 0 fully saturated rings. The van der Waals surface area contributed by atoms with Crippen LogP contribution in [-0.4, -0.2) is 51.4 Å². The van der Waals surface area contributed by atoms with Crippen LogP contribution < -0.4 is 14.4 Å². The monoisotopic (exact) mass is 555 g/mol. The molecule has 1 N–H and O–H groups in total. The third-order valence-corrected chi connectivity index (χ3v) is 7.96. The molecule has 1 atom stereocenters. The van der Waals surface area contributed by atoms with Crippen LogP contribution >= 0.6 is 0 Å². The number of hydrogen-bond acceptors (Lipinski definition) is 5. The van der Waals surface area contributed by atoms with Crippen molar-refractivity contribution >= 4 is 27.5 Å². The van der Waals surface area contributed by atoms with E-state index in [4.69, 9.17) is 4.74 Å². The molecule has 208 valence electrons. The van der Waals surface area contributed by atoms with Gasteiger partial charge in [0, 0.05) is 13.1 Å². The zero-order valence-corrected chi connectivity index (χ0v) is 23.2. The molecule has 0 aliphatic rings. The molecule has 3 aromatic rings. The highest BCUT2D eigenvalue weighted by molar-refractivity contribution is 7.92. The van der Waals surface area contributed by atoms with Gasteiger partial charge < -0.3 is 15.0 Å². The largest absolute Gasteiger partial charge is 0.497 e. The number of halogens is 1. The summed E-state index contributed by atoms with van der Waals surface area (Å²) in [6, 6.07) is 18.8. The van der Waals surface area contributed by atoms with Crippen molar-refractivity contribution < 1.29 is 27.1 Å². The van der Waals surface area contributed by atoms with Crippen LogP contribution in [0.2, 0.25) is 0 Å². The lowest BCUT2D eigenvalue weighted by molar-refractivity contribution is -0.140. The van der Waals surface area contributed by atoms with E-state index in [1.54, 1.807) is 56.5 Å². The third-order valence-electron chi connectivity index (χ3n) is 6.17. The molecule has 2 amide bonds. The number of ether oxygens (including phenoxy) is 1. The van der Waals surface area contributed by atoms with Gasteiger partial charge in [0.05, 0.1) is 17.7 Å². The molecule has 0 heterocycles. The van der Waals surface area contributed by atoms with Gasteiger partial charge in [0.1, 0.15) is 24.2 Å². The molecule has 0 spiro atoms. The zero-order valence-electron chi connectivity index (χ0n) is 22.3. The molecule has 0 aromatic heterocycles. The second kappa shape index (κ2) is 13.7. The fourth-order valence-electron chi connectivity index (χ4n) is 4.07. The van der Waals surface area contributed by atoms with Gasteiger partial charge in [-0.05, 0) is 66.9 Å². The number of sulfonamides is 1. The number of benzene rings is 3. The fourth-order valence-corrected chi connectivity index (χ4v) is 5.50. The van der Waals surface area contributed by atoms with Crippen molar-refractivity contribution in [1.82, 2.24) is 10.2 Å². The van der Waals surface area contributed by atoms with Crippen LogP contribution in [0.1, 0.15) is 32.3 Å². The molecule has 39 heavy (non-hydrogen) atoms. The number of carbonyl (C=O) groups excluding carboxylic acids is 2. The normalized spacial score (nSPS) is 11.9. The topological polar surface area (TPSA) is 96.0 Å². The number of carbonyl (C=O) groups is 2. The van der Waals surface area contributed by atoms with Crippen molar-refractivity contribution in [1.29, 1.82) is 0 Å². The van der Waals surface area contributed by atoms with E-state index in [2.05, 4.69) is 5.32 Å². The molecule has 10 heteroatoms. The van der Waals surface area contributed by atoms with E-state index in [9.17, 15) is 22.4 Å². The van der Waals surface area contributed by atoms with Crippen LogP contribution in [0.25, 0.3) is 0 Å². The highest BCUT2D eigenvalue weighted by Gasteiger charge is 2.33. The van der Waals surface area contributed by atoms with Gasteiger partial charge in [0.15, 0.2) is 0 Å².